The largest absolute Gasteiger partial charge is 0.495 e. The number of nitrogen functional groups attached to an aromatic ring is 1. The van der Waals surface area contributed by atoms with Gasteiger partial charge in [0.1, 0.15) is 11.3 Å². The molecule has 0 aliphatic rings. The van der Waals surface area contributed by atoms with Gasteiger partial charge in [0.15, 0.2) is 5.65 Å². The first kappa shape index (κ1) is 12.5. The van der Waals surface area contributed by atoms with Crippen LogP contribution in [0.2, 0.25) is 0 Å². The lowest BCUT2D eigenvalue weighted by Gasteiger charge is -2.12. The number of aromatic nitrogens is 3. The maximum atomic E-state index is 6.07. The number of pyridine rings is 1. The van der Waals surface area contributed by atoms with Crippen LogP contribution in [-0.2, 0) is 0 Å². The second-order valence-corrected chi connectivity index (χ2v) is 4.78. The van der Waals surface area contributed by atoms with Gasteiger partial charge in [-0.3, -0.25) is 4.57 Å². The maximum Gasteiger partial charge on any atom is 0.207 e. The smallest absolute Gasteiger partial charge is 0.207 e. The maximum absolute atomic E-state index is 6.07. The summed E-state index contributed by atoms with van der Waals surface area (Å²) in [5, 5.41) is 0. The molecular weight excluding hydrogens is 252 g/mol. The molecule has 3 aromatic rings. The van der Waals surface area contributed by atoms with Gasteiger partial charge in [0.2, 0.25) is 5.95 Å². The number of fused-ring (bicyclic) bond motifs is 1. The van der Waals surface area contributed by atoms with E-state index in [1.54, 1.807) is 7.11 Å². The second-order valence-electron chi connectivity index (χ2n) is 4.78. The molecule has 5 heteroatoms. The zero-order valence-electron chi connectivity index (χ0n) is 11.7. The average Bonchev–Trinajstić information content (AvgIpc) is 2.74. The topological polar surface area (TPSA) is 66.0 Å². The van der Waals surface area contributed by atoms with Crippen LogP contribution in [0.4, 0.5) is 5.95 Å². The second kappa shape index (κ2) is 4.52. The SMILES string of the molecule is COc1ccc(C)cc1-n1c(N)nc2ccc(C)nc21. The molecule has 2 N–H and O–H groups in total. The van der Waals surface area contributed by atoms with Crippen molar-refractivity contribution in [2.75, 3.05) is 12.8 Å². The highest BCUT2D eigenvalue weighted by Gasteiger charge is 2.15. The summed E-state index contributed by atoms with van der Waals surface area (Å²) in [6.07, 6.45) is 0. The standard InChI is InChI=1S/C15H16N4O/c1-9-4-7-13(20-3)12(8-9)19-14-11(18-15(19)16)6-5-10(2)17-14/h4-8H,1-3H3,(H2,16,18). The molecule has 5 nitrogen and oxygen atoms in total. The van der Waals surface area contributed by atoms with Gasteiger partial charge in [0.25, 0.3) is 0 Å². The van der Waals surface area contributed by atoms with Crippen molar-refractivity contribution < 1.29 is 4.74 Å². The van der Waals surface area contributed by atoms with E-state index in [4.69, 9.17) is 10.5 Å². The lowest BCUT2D eigenvalue weighted by Crippen LogP contribution is -2.04. The predicted octanol–water partition coefficient (Wildman–Crippen LogP) is 2.63. The Morgan fingerprint density at radius 2 is 1.90 bits per heavy atom. The molecule has 20 heavy (non-hydrogen) atoms. The van der Waals surface area contributed by atoms with E-state index in [-0.39, 0.29) is 0 Å². The van der Waals surface area contributed by atoms with Gasteiger partial charge in [-0.1, -0.05) is 6.07 Å². The first-order chi connectivity index (χ1) is 9.60. The Morgan fingerprint density at radius 3 is 2.65 bits per heavy atom. The normalized spacial score (nSPS) is 10.9. The molecule has 0 bridgehead atoms. The number of nitrogens with zero attached hydrogens (tertiary/aromatic N) is 3. The van der Waals surface area contributed by atoms with Crippen molar-refractivity contribution in [1.82, 2.24) is 14.5 Å². The summed E-state index contributed by atoms with van der Waals surface area (Å²) in [4.78, 5) is 8.90. The predicted molar refractivity (Wildman–Crippen MR) is 79.3 cm³/mol. The number of methoxy groups -OCH3 is 1. The Balaban J connectivity index is 2.37. The lowest BCUT2D eigenvalue weighted by atomic mass is 10.2. The third-order valence-corrected chi connectivity index (χ3v) is 3.24. The first-order valence-electron chi connectivity index (χ1n) is 6.37. The van der Waals surface area contributed by atoms with Gasteiger partial charge in [0, 0.05) is 5.69 Å². The van der Waals surface area contributed by atoms with Gasteiger partial charge in [-0.05, 0) is 43.7 Å². The number of ether oxygens (including phenoxy) is 1. The first-order valence-corrected chi connectivity index (χ1v) is 6.37. The number of hydrogen-bond donors (Lipinski definition) is 1. The van der Waals surface area contributed by atoms with Crippen molar-refractivity contribution in [3.05, 3.63) is 41.6 Å². The van der Waals surface area contributed by atoms with Crippen LogP contribution in [-0.4, -0.2) is 21.6 Å². The summed E-state index contributed by atoms with van der Waals surface area (Å²) in [5.41, 5.74) is 10.5. The van der Waals surface area contributed by atoms with E-state index in [1.165, 1.54) is 0 Å². The number of rotatable bonds is 2. The van der Waals surface area contributed by atoms with Crippen molar-refractivity contribution in [2.45, 2.75) is 13.8 Å². The van der Waals surface area contributed by atoms with E-state index in [2.05, 4.69) is 9.97 Å². The zero-order valence-corrected chi connectivity index (χ0v) is 11.7. The van der Waals surface area contributed by atoms with Gasteiger partial charge in [-0.2, -0.15) is 0 Å². The van der Waals surface area contributed by atoms with E-state index in [1.807, 2.05) is 48.7 Å². The molecule has 2 aromatic heterocycles. The summed E-state index contributed by atoms with van der Waals surface area (Å²) in [5.74, 6) is 1.15. The summed E-state index contributed by atoms with van der Waals surface area (Å²) in [6.45, 7) is 3.97. The average molecular weight is 268 g/mol. The summed E-state index contributed by atoms with van der Waals surface area (Å²) in [6, 6.07) is 9.78. The van der Waals surface area contributed by atoms with Crippen LogP contribution in [0.25, 0.3) is 16.9 Å². The fraction of sp³-hybridized carbons (Fsp3) is 0.200. The van der Waals surface area contributed by atoms with Gasteiger partial charge in [-0.25, -0.2) is 9.97 Å². The molecule has 102 valence electrons. The van der Waals surface area contributed by atoms with Crippen LogP contribution in [0.1, 0.15) is 11.3 Å². The molecule has 0 amide bonds. The number of aryl methyl sites for hydroxylation is 2. The molecule has 0 saturated heterocycles. The van der Waals surface area contributed by atoms with Crippen LogP contribution in [0.3, 0.4) is 0 Å². The molecule has 0 radical (unpaired) electrons. The van der Waals surface area contributed by atoms with Crippen LogP contribution < -0.4 is 10.5 Å². The molecule has 0 aliphatic heterocycles. The monoisotopic (exact) mass is 268 g/mol. The number of nitrogens with two attached hydrogens (primary N) is 1. The number of imidazole rings is 1. The van der Waals surface area contributed by atoms with Crippen LogP contribution in [0, 0.1) is 13.8 Å². The van der Waals surface area contributed by atoms with Crippen molar-refractivity contribution in [3.63, 3.8) is 0 Å². The minimum absolute atomic E-state index is 0.405. The van der Waals surface area contributed by atoms with Crippen molar-refractivity contribution in [2.24, 2.45) is 0 Å². The third kappa shape index (κ3) is 1.87. The fourth-order valence-electron chi connectivity index (χ4n) is 2.28. The van der Waals surface area contributed by atoms with Gasteiger partial charge in [-0.15, -0.1) is 0 Å². The molecule has 0 atom stereocenters. The summed E-state index contributed by atoms with van der Waals surface area (Å²) >= 11 is 0. The highest BCUT2D eigenvalue weighted by molar-refractivity contribution is 5.78. The fourth-order valence-corrected chi connectivity index (χ4v) is 2.28. The van der Waals surface area contributed by atoms with Crippen molar-refractivity contribution in [1.29, 1.82) is 0 Å². The highest BCUT2D eigenvalue weighted by atomic mass is 16.5. The quantitative estimate of drug-likeness (QED) is 0.776. The van der Waals surface area contributed by atoms with Crippen LogP contribution in [0.5, 0.6) is 5.75 Å². The van der Waals surface area contributed by atoms with E-state index in [0.717, 1.165) is 33.9 Å². The molecule has 2 heterocycles. The number of benzene rings is 1. The number of hydrogen-bond acceptors (Lipinski definition) is 4. The van der Waals surface area contributed by atoms with E-state index < -0.39 is 0 Å². The van der Waals surface area contributed by atoms with Crippen molar-refractivity contribution in [3.8, 4) is 11.4 Å². The minimum Gasteiger partial charge on any atom is -0.495 e. The molecule has 1 aromatic carbocycles. The molecule has 0 saturated carbocycles. The Kier molecular flexibility index (Phi) is 2.82. The molecule has 3 rings (SSSR count). The van der Waals surface area contributed by atoms with Crippen molar-refractivity contribution >= 4 is 17.1 Å². The van der Waals surface area contributed by atoms with E-state index in [0.29, 0.717) is 5.95 Å². The minimum atomic E-state index is 0.405. The molecule has 0 spiro atoms. The number of anilines is 1. The van der Waals surface area contributed by atoms with E-state index in [9.17, 15) is 0 Å². The molecule has 0 fully saturated rings. The molecular formula is C15H16N4O. The van der Waals surface area contributed by atoms with Gasteiger partial charge in [0.05, 0.1) is 12.8 Å². The van der Waals surface area contributed by atoms with Gasteiger partial charge < -0.3 is 10.5 Å². The Labute approximate surface area is 117 Å². The van der Waals surface area contributed by atoms with Crippen LogP contribution >= 0.6 is 0 Å². The summed E-state index contributed by atoms with van der Waals surface area (Å²) in [7, 11) is 1.64. The zero-order chi connectivity index (χ0) is 14.3. The Morgan fingerprint density at radius 1 is 1.10 bits per heavy atom. The lowest BCUT2D eigenvalue weighted by molar-refractivity contribution is 0.413. The van der Waals surface area contributed by atoms with Crippen LogP contribution in [0.15, 0.2) is 30.3 Å². The highest BCUT2D eigenvalue weighted by Crippen LogP contribution is 2.29. The molecule has 0 aliphatic carbocycles. The van der Waals surface area contributed by atoms with E-state index >= 15 is 0 Å². The Hall–Kier alpha value is -2.56. The third-order valence-electron chi connectivity index (χ3n) is 3.24. The molecule has 0 unspecified atom stereocenters. The summed E-state index contributed by atoms with van der Waals surface area (Å²) < 4.78 is 7.25. The van der Waals surface area contributed by atoms with Gasteiger partial charge >= 0.3 is 0 Å². The Bertz CT molecular complexity index is 792.